The summed E-state index contributed by atoms with van der Waals surface area (Å²) in [6.07, 6.45) is 0. The van der Waals surface area contributed by atoms with Gasteiger partial charge in [-0.1, -0.05) is 231 Å². The number of para-hydroxylation sites is 4. The van der Waals surface area contributed by atoms with Crippen molar-refractivity contribution in [2.75, 3.05) is 0 Å². The quantitative estimate of drug-likeness (QED) is 0.145. The Labute approximate surface area is 732 Å². The molecule has 0 spiro atoms. The van der Waals surface area contributed by atoms with E-state index in [1.807, 2.05) is 0 Å². The molecule has 22 rings (SSSR count). The molecule has 0 aliphatic heterocycles. The largest absolute Gasteiger partial charge is 0.310 e. The summed E-state index contributed by atoms with van der Waals surface area (Å²) < 4.78 is 19.4. The summed E-state index contributed by atoms with van der Waals surface area (Å²) >= 11 is 0. The maximum absolute atomic E-state index is 2.43. The summed E-state index contributed by atoms with van der Waals surface area (Å²) in [5, 5.41) is 9.22. The number of benzene rings is 20. The molecule has 8 heteroatoms. The second-order valence-electron chi connectivity index (χ2n) is 33.1. The van der Waals surface area contributed by atoms with Gasteiger partial charge in [-0.3, -0.25) is 0 Å². The second-order valence-corrected chi connectivity index (χ2v) is 33.1. The van der Waals surface area contributed by atoms with Crippen molar-refractivity contribution in [1.29, 1.82) is 0 Å². The maximum Gasteiger partial charge on any atom is 0.0541 e. The minimum atomic E-state index is 1.06. The minimum absolute atomic E-state index is 1.06. The van der Waals surface area contributed by atoms with E-state index in [1.165, 1.54) is 22.3 Å². The molecule has 0 unspecified atom stereocenters. The van der Waals surface area contributed by atoms with Crippen LogP contribution in [-0.2, 0) is 0 Å². The predicted molar refractivity (Wildman–Crippen MR) is 534 cm³/mol. The summed E-state index contributed by atoms with van der Waals surface area (Å²) in [6.45, 7) is 13.1. The molecule has 0 N–H and O–H groups in total. The molecule has 0 radical (unpaired) electrons. The van der Waals surface area contributed by atoms with E-state index < -0.39 is 0 Å². The fraction of sp³-hybridized carbons (Fsp3) is 0.0508. The zero-order valence-corrected chi connectivity index (χ0v) is 71.3. The number of aryl methyl sites for hydroxylation is 6. The summed E-state index contributed by atoms with van der Waals surface area (Å²) in [5.74, 6) is 0. The highest BCUT2D eigenvalue weighted by Gasteiger charge is 2.19. The molecule has 22 aromatic rings. The van der Waals surface area contributed by atoms with Gasteiger partial charge >= 0.3 is 0 Å². The van der Waals surface area contributed by atoms with Gasteiger partial charge in [0.05, 0.1) is 44.1 Å². The van der Waals surface area contributed by atoms with Crippen molar-refractivity contribution in [1.82, 2.24) is 36.5 Å². The lowest BCUT2D eigenvalue weighted by molar-refractivity contribution is 1.13. The van der Waals surface area contributed by atoms with Crippen LogP contribution in [-0.4, -0.2) is 36.5 Å². The Balaban J connectivity index is 0.000000154. The van der Waals surface area contributed by atoms with Crippen LogP contribution < -0.4 is 0 Å². The topological polar surface area (TPSA) is 39.4 Å². The van der Waals surface area contributed by atoms with Gasteiger partial charge < -0.3 is 36.5 Å². The molecule has 20 aromatic carbocycles. The van der Waals surface area contributed by atoms with E-state index in [0.29, 0.717) is 0 Å². The van der Waals surface area contributed by atoms with Gasteiger partial charge in [-0.2, -0.15) is 0 Å². The van der Waals surface area contributed by atoms with Gasteiger partial charge in [0.1, 0.15) is 0 Å². The van der Waals surface area contributed by atoms with Gasteiger partial charge in [0.15, 0.2) is 0 Å². The van der Waals surface area contributed by atoms with E-state index in [0.717, 1.165) is 188 Å². The smallest absolute Gasteiger partial charge is 0.0541 e. The highest BCUT2D eigenvalue weighted by atomic mass is 15.0. The molecule has 2 heterocycles. The van der Waals surface area contributed by atoms with Crippen LogP contribution in [0.4, 0.5) is 0 Å². The molecule has 604 valence electrons. The molecule has 2 aromatic heterocycles. The standard InChI is InChI=1S/C60H48N4.C58H44N4/c1-41-15-9-19-45(35-41)61-49-23-13-24-50(39-49)62(46-20-10-16-42(2)36-46)59-33-34-60(56-30-8-7-29-55(56)59)64(48-22-12-18-44(4)38-48)52-26-14-25-51(40-52)63(47-21-11-17-43(3)37-47)58-32-31-57(61)53-27-5-6-28-54(53)58;1-41-35-47-39-48(36-41)60(44-21-9-4-10-22-44)56-32-34-58(54-30-18-16-28-52(54)56)62(46-25-13-6-14-26-46)50-38-42(2)37-49(40-50)61(45-23-11-5-12-24-45)57-33-31-55(51-27-15-17-29-53(51)57)59(47)43-19-7-3-8-20-43/h5-40H,1-4H3;3-40H,1-2H3. The SMILES string of the molecule is Cc1cc2cc(c1)n(-c1ccccc1)c1ccc(c3ccccc31)n(-c1ccccc1)c1cc(C)cc(c1)n(-c1ccccc1)c1ccc(c3ccccc31)n2-c1ccccc1.Cc1cccc(-n2c3cccc(c3)n(-c3cccc(C)c3)c3ccc(c4ccccc43)n(-c3cccc(C)c3)c3cccc(c3)n(-c3cccc(C)c3)c3ccc2c2ccccc23)c1. The Morgan fingerprint density at radius 3 is 0.460 bits per heavy atom. The first-order valence-electron chi connectivity index (χ1n) is 43.4. The molecule has 126 heavy (non-hydrogen) atoms. The van der Waals surface area contributed by atoms with Crippen LogP contribution in [0.3, 0.4) is 0 Å². The first-order chi connectivity index (χ1) is 62.0. The van der Waals surface area contributed by atoms with Gasteiger partial charge in [0.25, 0.3) is 0 Å². The predicted octanol–water partition coefficient (Wildman–Crippen LogP) is 31.0. The third-order valence-electron chi connectivity index (χ3n) is 24.4. The average Bonchev–Trinajstić information content (AvgIpc) is 0.744. The molecular formula is C118H92N8. The summed E-state index contributed by atoms with van der Waals surface area (Å²) in [5.41, 5.74) is 33.2. The van der Waals surface area contributed by atoms with E-state index >= 15 is 0 Å². The highest BCUT2D eigenvalue weighted by molar-refractivity contribution is 6.11. The van der Waals surface area contributed by atoms with Crippen LogP contribution in [0.5, 0.6) is 0 Å². The van der Waals surface area contributed by atoms with Crippen molar-refractivity contribution >= 4 is 131 Å². The first-order valence-corrected chi connectivity index (χ1v) is 43.4. The Morgan fingerprint density at radius 2 is 0.270 bits per heavy atom. The zero-order chi connectivity index (χ0) is 84.9. The van der Waals surface area contributed by atoms with Crippen LogP contribution >= 0.6 is 0 Å². The lowest BCUT2D eigenvalue weighted by Crippen LogP contribution is -2.03. The van der Waals surface area contributed by atoms with Gasteiger partial charge in [-0.25, -0.2) is 0 Å². The van der Waals surface area contributed by atoms with E-state index in [-0.39, 0.29) is 0 Å². The number of hydrogen-bond donors (Lipinski definition) is 0. The highest BCUT2D eigenvalue weighted by Crippen LogP contribution is 2.39. The summed E-state index contributed by atoms with van der Waals surface area (Å²) in [6, 6.07) is 164. The van der Waals surface area contributed by atoms with Gasteiger partial charge in [0, 0.05) is 133 Å². The van der Waals surface area contributed by atoms with Crippen LogP contribution in [0.25, 0.3) is 177 Å². The Morgan fingerprint density at radius 1 is 0.111 bits per heavy atom. The van der Waals surface area contributed by atoms with Crippen molar-refractivity contribution in [2.24, 2.45) is 0 Å². The molecule has 0 aliphatic carbocycles. The van der Waals surface area contributed by atoms with Gasteiger partial charge in [-0.15, -0.1) is 0 Å². The number of hydrogen-bond acceptors (Lipinski definition) is 0. The summed E-state index contributed by atoms with van der Waals surface area (Å²) in [7, 11) is 0. The number of rotatable bonds is 8. The van der Waals surface area contributed by atoms with E-state index in [2.05, 4.69) is 527 Å². The van der Waals surface area contributed by atoms with Crippen molar-refractivity contribution in [3.63, 3.8) is 0 Å². The zero-order valence-electron chi connectivity index (χ0n) is 71.3. The Kier molecular flexibility index (Phi) is 20.2. The van der Waals surface area contributed by atoms with Crippen molar-refractivity contribution in [3.8, 4) is 45.5 Å². The fourth-order valence-electron chi connectivity index (χ4n) is 19.0. The first kappa shape index (κ1) is 77.2. The van der Waals surface area contributed by atoms with Crippen molar-refractivity contribution < 1.29 is 0 Å². The molecular weight excluding hydrogens is 1530 g/mol. The average molecular weight is 1620 g/mol. The third kappa shape index (κ3) is 14.5. The molecule has 0 saturated heterocycles. The molecule has 0 fully saturated rings. The van der Waals surface area contributed by atoms with E-state index in [4.69, 9.17) is 0 Å². The maximum atomic E-state index is 2.43. The van der Waals surface area contributed by atoms with Crippen molar-refractivity contribution in [2.45, 2.75) is 41.5 Å². The lowest BCUT2D eigenvalue weighted by atomic mass is 10.1. The van der Waals surface area contributed by atoms with Crippen molar-refractivity contribution in [3.05, 3.63) is 482 Å². The number of nitrogens with zero attached hydrogens (tertiary/aromatic N) is 8. The van der Waals surface area contributed by atoms with Crippen LogP contribution in [0.1, 0.15) is 33.4 Å². The number of fused-ring (bicyclic) bond motifs is 32. The molecule has 8 nitrogen and oxygen atoms in total. The third-order valence-corrected chi connectivity index (χ3v) is 24.4. The Hall–Kier alpha value is -16.2. The fourth-order valence-corrected chi connectivity index (χ4v) is 19.0. The Bertz CT molecular complexity index is 7440. The van der Waals surface area contributed by atoms with E-state index in [1.54, 1.807) is 0 Å². The normalized spacial score (nSPS) is 11.4. The minimum Gasteiger partial charge on any atom is -0.310 e. The van der Waals surface area contributed by atoms with E-state index in [9.17, 15) is 0 Å². The molecule has 0 atom stereocenters. The second kappa shape index (κ2) is 33.0. The molecule has 0 saturated carbocycles. The van der Waals surface area contributed by atoms with Crippen LogP contribution in [0, 0.1) is 41.5 Å². The van der Waals surface area contributed by atoms with Crippen LogP contribution in [0.15, 0.2) is 449 Å². The molecule has 0 amide bonds. The van der Waals surface area contributed by atoms with Crippen LogP contribution in [0.2, 0.25) is 0 Å². The molecule has 0 aliphatic rings. The van der Waals surface area contributed by atoms with Gasteiger partial charge in [0.2, 0.25) is 0 Å². The van der Waals surface area contributed by atoms with Gasteiger partial charge in [-0.05, 0) is 293 Å². The number of aromatic nitrogens is 8. The molecule has 16 bridgehead atoms. The summed E-state index contributed by atoms with van der Waals surface area (Å²) in [4.78, 5) is 0. The monoisotopic (exact) mass is 1620 g/mol. The lowest BCUT2D eigenvalue weighted by Gasteiger charge is -2.19.